The molecule has 8 heteroatoms. The van der Waals surface area contributed by atoms with Crippen LogP contribution in [0.15, 0.2) is 24.5 Å². The quantitative estimate of drug-likeness (QED) is 0.840. The van der Waals surface area contributed by atoms with Gasteiger partial charge < -0.3 is 19.9 Å². The molecule has 1 aromatic heterocycles. The van der Waals surface area contributed by atoms with Gasteiger partial charge in [0.25, 0.3) is 0 Å². The zero-order valence-electron chi connectivity index (χ0n) is 15.8. The van der Waals surface area contributed by atoms with Crippen LogP contribution >= 0.6 is 0 Å². The van der Waals surface area contributed by atoms with E-state index in [2.05, 4.69) is 15.6 Å². The average Bonchev–Trinajstić information content (AvgIpc) is 3.09. The van der Waals surface area contributed by atoms with Crippen LogP contribution in [0.25, 0.3) is 0 Å². The molecule has 6 nitrogen and oxygen atoms in total. The van der Waals surface area contributed by atoms with Crippen molar-refractivity contribution in [3.05, 3.63) is 53.1 Å². The van der Waals surface area contributed by atoms with Gasteiger partial charge in [-0.25, -0.2) is 13.8 Å². The summed E-state index contributed by atoms with van der Waals surface area (Å²) < 4.78 is 34.7. The number of benzene rings is 1. The smallest absolute Gasteiger partial charge is 0.240 e. The second-order valence-corrected chi connectivity index (χ2v) is 7.47. The van der Waals surface area contributed by atoms with Gasteiger partial charge in [0.15, 0.2) is 11.6 Å². The molecule has 2 N–H and O–H groups in total. The van der Waals surface area contributed by atoms with Crippen molar-refractivity contribution in [1.82, 2.24) is 20.2 Å². The van der Waals surface area contributed by atoms with Crippen LogP contribution in [0.2, 0.25) is 0 Å². The summed E-state index contributed by atoms with van der Waals surface area (Å²) in [6.45, 7) is 3.94. The standard InChI is InChI=1S/C20H24F2N4O2/c1-13(14-3-2-4-15(21)18(14)22)25-17(27)11-26-12-23-19-16(26)5-8-24-20(19)6-9-28-10-7-20/h2-4,12-13,24H,5-11H2,1H3,(H,25,27). The highest BCUT2D eigenvalue weighted by atomic mass is 19.2. The predicted octanol–water partition coefficient (Wildman–Crippen LogP) is 2.19. The molecule has 0 saturated carbocycles. The van der Waals surface area contributed by atoms with Crippen molar-refractivity contribution in [3.63, 3.8) is 0 Å². The number of aromatic nitrogens is 2. The molecule has 1 aromatic carbocycles. The zero-order chi connectivity index (χ0) is 19.7. The normalized spacial score (nSPS) is 19.2. The molecule has 28 heavy (non-hydrogen) atoms. The van der Waals surface area contributed by atoms with E-state index in [-0.39, 0.29) is 23.6 Å². The molecule has 150 valence electrons. The van der Waals surface area contributed by atoms with Crippen LogP contribution in [0.4, 0.5) is 8.78 Å². The summed E-state index contributed by atoms with van der Waals surface area (Å²) in [5.41, 5.74) is 2.01. The van der Waals surface area contributed by atoms with Crippen LogP contribution in [-0.4, -0.2) is 35.2 Å². The summed E-state index contributed by atoms with van der Waals surface area (Å²) in [7, 11) is 0. The molecule has 1 unspecified atom stereocenters. The Hall–Kier alpha value is -2.32. The Balaban J connectivity index is 1.48. The number of halogens is 2. The minimum atomic E-state index is -0.928. The van der Waals surface area contributed by atoms with E-state index >= 15 is 0 Å². The lowest BCUT2D eigenvalue weighted by molar-refractivity contribution is -0.122. The highest BCUT2D eigenvalue weighted by Gasteiger charge is 2.40. The average molecular weight is 390 g/mol. The fraction of sp³-hybridized carbons (Fsp3) is 0.500. The van der Waals surface area contributed by atoms with Gasteiger partial charge in [0.05, 0.1) is 23.6 Å². The van der Waals surface area contributed by atoms with Crippen molar-refractivity contribution in [3.8, 4) is 0 Å². The van der Waals surface area contributed by atoms with E-state index in [1.165, 1.54) is 12.1 Å². The van der Waals surface area contributed by atoms with Gasteiger partial charge in [-0.2, -0.15) is 0 Å². The van der Waals surface area contributed by atoms with Crippen molar-refractivity contribution in [2.45, 2.75) is 44.3 Å². The molecule has 2 aromatic rings. The summed E-state index contributed by atoms with van der Waals surface area (Å²) in [6, 6.07) is 3.34. The van der Waals surface area contributed by atoms with E-state index in [0.717, 1.165) is 43.3 Å². The Morgan fingerprint density at radius 2 is 2.18 bits per heavy atom. The minimum Gasteiger partial charge on any atom is -0.381 e. The Kier molecular flexibility index (Phi) is 5.16. The number of imidazole rings is 1. The van der Waals surface area contributed by atoms with Gasteiger partial charge in [-0.15, -0.1) is 0 Å². The van der Waals surface area contributed by atoms with E-state index in [9.17, 15) is 13.6 Å². The number of fused-ring (bicyclic) bond motifs is 2. The molecule has 3 heterocycles. The zero-order valence-corrected chi connectivity index (χ0v) is 15.8. The van der Waals surface area contributed by atoms with Crippen LogP contribution in [-0.2, 0) is 28.0 Å². The molecule has 1 spiro atoms. The molecule has 1 saturated heterocycles. The first-order valence-corrected chi connectivity index (χ1v) is 9.61. The van der Waals surface area contributed by atoms with E-state index in [1.54, 1.807) is 13.3 Å². The van der Waals surface area contributed by atoms with Gasteiger partial charge in [-0.3, -0.25) is 4.79 Å². The topological polar surface area (TPSA) is 68.2 Å². The molecule has 2 aliphatic rings. The number of carbonyl (C=O) groups is 1. The van der Waals surface area contributed by atoms with Crippen LogP contribution in [0.1, 0.15) is 42.8 Å². The molecular formula is C20H24F2N4O2. The third kappa shape index (κ3) is 3.42. The summed E-state index contributed by atoms with van der Waals surface area (Å²) in [5.74, 6) is -2.12. The minimum absolute atomic E-state index is 0.0934. The number of rotatable bonds is 4. The number of nitrogens with zero attached hydrogens (tertiary/aromatic N) is 2. The molecule has 2 aliphatic heterocycles. The maximum atomic E-state index is 13.9. The van der Waals surface area contributed by atoms with Crippen molar-refractivity contribution in [1.29, 1.82) is 0 Å². The van der Waals surface area contributed by atoms with Crippen molar-refractivity contribution < 1.29 is 18.3 Å². The summed E-state index contributed by atoms with van der Waals surface area (Å²) in [5, 5.41) is 6.34. The predicted molar refractivity (Wildman–Crippen MR) is 98.6 cm³/mol. The van der Waals surface area contributed by atoms with Crippen molar-refractivity contribution in [2.24, 2.45) is 0 Å². The Labute approximate surface area is 162 Å². The largest absolute Gasteiger partial charge is 0.381 e. The van der Waals surface area contributed by atoms with Gasteiger partial charge in [0.2, 0.25) is 5.91 Å². The first-order chi connectivity index (χ1) is 13.5. The SMILES string of the molecule is CC(NC(=O)Cn1cnc2c1CCNC21CCOCC1)c1cccc(F)c1F. The number of hydrogen-bond donors (Lipinski definition) is 2. The number of ether oxygens (including phenoxy) is 1. The molecular weight excluding hydrogens is 366 g/mol. The maximum Gasteiger partial charge on any atom is 0.240 e. The summed E-state index contributed by atoms with van der Waals surface area (Å²) in [6.07, 6.45) is 4.21. The van der Waals surface area contributed by atoms with Crippen LogP contribution < -0.4 is 10.6 Å². The third-order valence-electron chi connectivity index (χ3n) is 5.71. The number of amides is 1. The molecule has 1 fully saturated rings. The lowest BCUT2D eigenvalue weighted by Crippen LogP contribution is -2.51. The lowest BCUT2D eigenvalue weighted by Gasteiger charge is -2.40. The van der Waals surface area contributed by atoms with E-state index < -0.39 is 17.7 Å². The Morgan fingerprint density at radius 3 is 2.96 bits per heavy atom. The van der Waals surface area contributed by atoms with Gasteiger partial charge >= 0.3 is 0 Å². The van der Waals surface area contributed by atoms with Crippen LogP contribution in [0.3, 0.4) is 0 Å². The molecule has 1 atom stereocenters. The molecule has 0 bridgehead atoms. The second-order valence-electron chi connectivity index (χ2n) is 7.47. The highest BCUT2D eigenvalue weighted by Crippen LogP contribution is 2.35. The van der Waals surface area contributed by atoms with E-state index in [4.69, 9.17) is 4.74 Å². The van der Waals surface area contributed by atoms with Crippen molar-refractivity contribution in [2.75, 3.05) is 19.8 Å². The molecule has 4 rings (SSSR count). The van der Waals surface area contributed by atoms with Crippen LogP contribution in [0.5, 0.6) is 0 Å². The Morgan fingerprint density at radius 1 is 1.39 bits per heavy atom. The summed E-state index contributed by atoms with van der Waals surface area (Å²) >= 11 is 0. The number of hydrogen-bond acceptors (Lipinski definition) is 4. The van der Waals surface area contributed by atoms with E-state index in [0.29, 0.717) is 13.2 Å². The van der Waals surface area contributed by atoms with Gasteiger partial charge in [-0.1, -0.05) is 12.1 Å². The number of nitrogens with one attached hydrogen (secondary N) is 2. The maximum absolute atomic E-state index is 13.9. The first kappa shape index (κ1) is 19.0. The highest BCUT2D eigenvalue weighted by molar-refractivity contribution is 5.76. The Bertz CT molecular complexity index is 877. The van der Waals surface area contributed by atoms with Crippen LogP contribution in [0, 0.1) is 11.6 Å². The lowest BCUT2D eigenvalue weighted by atomic mass is 9.82. The fourth-order valence-corrected chi connectivity index (χ4v) is 4.22. The molecule has 1 amide bonds. The third-order valence-corrected chi connectivity index (χ3v) is 5.71. The number of carbonyl (C=O) groups excluding carboxylic acids is 1. The summed E-state index contributed by atoms with van der Waals surface area (Å²) in [4.78, 5) is 17.1. The fourth-order valence-electron chi connectivity index (χ4n) is 4.22. The van der Waals surface area contributed by atoms with Gasteiger partial charge in [0, 0.05) is 37.4 Å². The molecule has 0 radical (unpaired) electrons. The van der Waals surface area contributed by atoms with Gasteiger partial charge in [0.1, 0.15) is 6.54 Å². The van der Waals surface area contributed by atoms with E-state index in [1.807, 2.05) is 4.57 Å². The van der Waals surface area contributed by atoms with Crippen molar-refractivity contribution >= 4 is 5.91 Å². The monoisotopic (exact) mass is 390 g/mol. The first-order valence-electron chi connectivity index (χ1n) is 9.61. The molecule has 0 aliphatic carbocycles. The van der Waals surface area contributed by atoms with Gasteiger partial charge in [-0.05, 0) is 25.8 Å². The second kappa shape index (κ2) is 7.60.